The summed E-state index contributed by atoms with van der Waals surface area (Å²) in [7, 11) is 5.27. The number of carbonyl (C=O) groups excluding carboxylic acids is 1. The van der Waals surface area contributed by atoms with Crippen LogP contribution in [-0.4, -0.2) is 66.9 Å². The molecule has 1 aromatic heterocycles. The number of aromatic nitrogens is 2. The topological polar surface area (TPSA) is 75.0 Å². The third-order valence-electron chi connectivity index (χ3n) is 5.27. The van der Waals surface area contributed by atoms with Crippen molar-refractivity contribution in [1.82, 2.24) is 20.0 Å². The molecule has 8 nitrogen and oxygen atoms in total. The SMILES string of the molecule is CN=C(NCC(C)(C)c1cccc(OC)c1)N1CCN(c2cnn(C)c2)C(=O)C1.I. The molecular formula is C21H31IN6O2. The maximum absolute atomic E-state index is 12.7. The quantitative estimate of drug-likeness (QED) is 0.368. The number of ether oxygens (including phenoxy) is 1. The Kier molecular flexibility index (Phi) is 8.10. The summed E-state index contributed by atoms with van der Waals surface area (Å²) >= 11 is 0. The summed E-state index contributed by atoms with van der Waals surface area (Å²) in [6.45, 7) is 6.63. The van der Waals surface area contributed by atoms with E-state index in [1.165, 1.54) is 5.56 Å². The first kappa shape index (κ1) is 24.0. The molecular weight excluding hydrogens is 495 g/mol. The van der Waals surface area contributed by atoms with Gasteiger partial charge in [0.05, 0.1) is 19.0 Å². The second-order valence-electron chi connectivity index (χ2n) is 7.86. The van der Waals surface area contributed by atoms with Crippen molar-refractivity contribution >= 4 is 41.5 Å². The lowest BCUT2D eigenvalue weighted by Crippen LogP contribution is -2.56. The second-order valence-corrected chi connectivity index (χ2v) is 7.86. The molecule has 1 aliphatic rings. The molecule has 1 N–H and O–H groups in total. The maximum Gasteiger partial charge on any atom is 0.246 e. The van der Waals surface area contributed by atoms with Gasteiger partial charge in [-0.1, -0.05) is 26.0 Å². The number of piperazine rings is 1. The van der Waals surface area contributed by atoms with E-state index < -0.39 is 0 Å². The van der Waals surface area contributed by atoms with Crippen LogP contribution >= 0.6 is 24.0 Å². The number of benzene rings is 1. The Morgan fingerprint density at radius 3 is 2.70 bits per heavy atom. The first-order valence-corrected chi connectivity index (χ1v) is 9.73. The van der Waals surface area contributed by atoms with Gasteiger partial charge in [0.25, 0.3) is 0 Å². The number of rotatable bonds is 5. The van der Waals surface area contributed by atoms with E-state index in [-0.39, 0.29) is 41.8 Å². The van der Waals surface area contributed by atoms with Crippen LogP contribution in [0.25, 0.3) is 0 Å². The number of halogens is 1. The van der Waals surface area contributed by atoms with Crippen LogP contribution in [0, 0.1) is 0 Å². The van der Waals surface area contributed by atoms with E-state index in [1.54, 1.807) is 29.9 Å². The Bertz CT molecular complexity index is 895. The minimum Gasteiger partial charge on any atom is -0.497 e. The van der Waals surface area contributed by atoms with Gasteiger partial charge in [-0.2, -0.15) is 5.10 Å². The van der Waals surface area contributed by atoms with Crippen molar-refractivity contribution in [1.29, 1.82) is 0 Å². The second kappa shape index (κ2) is 10.1. The zero-order valence-corrected chi connectivity index (χ0v) is 20.6. The van der Waals surface area contributed by atoms with Gasteiger partial charge in [-0.3, -0.25) is 14.5 Å². The van der Waals surface area contributed by atoms with Crippen molar-refractivity contribution < 1.29 is 9.53 Å². The minimum atomic E-state index is -0.133. The van der Waals surface area contributed by atoms with Crippen molar-refractivity contribution in [3.05, 3.63) is 42.2 Å². The zero-order chi connectivity index (χ0) is 21.0. The molecule has 30 heavy (non-hydrogen) atoms. The van der Waals surface area contributed by atoms with Gasteiger partial charge in [0, 0.05) is 45.3 Å². The van der Waals surface area contributed by atoms with Crippen LogP contribution in [0.4, 0.5) is 5.69 Å². The van der Waals surface area contributed by atoms with E-state index in [4.69, 9.17) is 4.74 Å². The lowest BCUT2D eigenvalue weighted by Gasteiger charge is -2.36. The first-order valence-electron chi connectivity index (χ1n) is 9.73. The van der Waals surface area contributed by atoms with Gasteiger partial charge in [-0.05, 0) is 17.7 Å². The van der Waals surface area contributed by atoms with Gasteiger partial charge in [0.1, 0.15) is 12.3 Å². The summed E-state index contributed by atoms with van der Waals surface area (Å²) < 4.78 is 7.06. The number of methoxy groups -OCH3 is 1. The Labute approximate surface area is 195 Å². The molecule has 1 aromatic carbocycles. The molecule has 0 saturated carbocycles. The number of amides is 1. The fourth-order valence-corrected chi connectivity index (χ4v) is 3.45. The van der Waals surface area contributed by atoms with Gasteiger partial charge >= 0.3 is 0 Å². The van der Waals surface area contributed by atoms with Gasteiger partial charge in [-0.15, -0.1) is 24.0 Å². The number of hydrogen-bond acceptors (Lipinski definition) is 4. The average molecular weight is 526 g/mol. The van der Waals surface area contributed by atoms with Gasteiger partial charge in [0.2, 0.25) is 5.91 Å². The smallest absolute Gasteiger partial charge is 0.246 e. The molecule has 1 fully saturated rings. The molecule has 0 bridgehead atoms. The highest BCUT2D eigenvalue weighted by atomic mass is 127. The Morgan fingerprint density at radius 2 is 2.10 bits per heavy atom. The number of aliphatic imine (C=N–C) groups is 1. The summed E-state index contributed by atoms with van der Waals surface area (Å²) in [4.78, 5) is 20.8. The van der Waals surface area contributed by atoms with E-state index >= 15 is 0 Å². The fraction of sp³-hybridized carbons (Fsp3) is 0.476. The fourth-order valence-electron chi connectivity index (χ4n) is 3.45. The molecule has 2 aromatic rings. The van der Waals surface area contributed by atoms with Crippen LogP contribution in [0.3, 0.4) is 0 Å². The van der Waals surface area contributed by atoms with Crippen LogP contribution in [0.2, 0.25) is 0 Å². The lowest BCUT2D eigenvalue weighted by atomic mass is 9.84. The molecule has 1 saturated heterocycles. The van der Waals surface area contributed by atoms with Gasteiger partial charge < -0.3 is 19.9 Å². The zero-order valence-electron chi connectivity index (χ0n) is 18.3. The Balaban J connectivity index is 0.00000320. The van der Waals surface area contributed by atoms with Crippen LogP contribution in [0.5, 0.6) is 5.75 Å². The highest BCUT2D eigenvalue weighted by Crippen LogP contribution is 2.26. The van der Waals surface area contributed by atoms with Crippen LogP contribution in [-0.2, 0) is 17.3 Å². The average Bonchev–Trinajstić information content (AvgIpc) is 3.14. The highest BCUT2D eigenvalue weighted by Gasteiger charge is 2.29. The van der Waals surface area contributed by atoms with Crippen molar-refractivity contribution in [2.45, 2.75) is 19.3 Å². The molecule has 1 aliphatic heterocycles. The predicted octanol–water partition coefficient (Wildman–Crippen LogP) is 2.25. The monoisotopic (exact) mass is 526 g/mol. The number of hydrogen-bond donors (Lipinski definition) is 1. The van der Waals surface area contributed by atoms with Crippen molar-refractivity contribution in [2.24, 2.45) is 12.0 Å². The molecule has 3 rings (SSSR count). The number of anilines is 1. The summed E-state index contributed by atoms with van der Waals surface area (Å²) in [5.41, 5.74) is 1.88. The summed E-state index contributed by atoms with van der Waals surface area (Å²) in [6, 6.07) is 8.10. The largest absolute Gasteiger partial charge is 0.497 e. The van der Waals surface area contributed by atoms with E-state index in [9.17, 15) is 4.79 Å². The summed E-state index contributed by atoms with van der Waals surface area (Å²) in [5, 5.41) is 7.60. The predicted molar refractivity (Wildman–Crippen MR) is 130 cm³/mol. The number of nitrogens with one attached hydrogen (secondary N) is 1. The lowest BCUT2D eigenvalue weighted by molar-refractivity contribution is -0.120. The van der Waals surface area contributed by atoms with E-state index in [0.29, 0.717) is 19.6 Å². The molecule has 2 heterocycles. The summed E-state index contributed by atoms with van der Waals surface area (Å²) in [5.74, 6) is 1.62. The number of aryl methyl sites for hydroxylation is 1. The van der Waals surface area contributed by atoms with Crippen LogP contribution in [0.1, 0.15) is 19.4 Å². The molecule has 9 heteroatoms. The van der Waals surface area contributed by atoms with Crippen LogP contribution < -0.4 is 15.0 Å². The molecule has 0 unspecified atom stereocenters. The minimum absolute atomic E-state index is 0. The normalized spacial score (nSPS) is 15.1. The van der Waals surface area contributed by atoms with E-state index in [2.05, 4.69) is 41.4 Å². The standard InChI is InChI=1S/C21H30N6O2.HI/c1-21(2,16-7-6-8-18(11-16)29-5)15-23-20(22-3)26-9-10-27(19(28)14-26)17-12-24-25(4)13-17;/h6-8,11-13H,9-10,14-15H2,1-5H3,(H,22,23);1H. The number of nitrogens with zero attached hydrogens (tertiary/aromatic N) is 5. The molecule has 0 spiro atoms. The van der Waals surface area contributed by atoms with Crippen molar-refractivity contribution in [2.75, 3.05) is 45.2 Å². The maximum atomic E-state index is 12.7. The molecule has 164 valence electrons. The van der Waals surface area contributed by atoms with Gasteiger partial charge in [0.15, 0.2) is 5.96 Å². The summed E-state index contributed by atoms with van der Waals surface area (Å²) in [6.07, 6.45) is 3.58. The van der Waals surface area contributed by atoms with E-state index in [0.717, 1.165) is 17.4 Å². The Hall–Kier alpha value is -2.30. The molecule has 0 atom stereocenters. The molecule has 1 amide bonds. The van der Waals surface area contributed by atoms with Crippen LogP contribution in [0.15, 0.2) is 41.7 Å². The van der Waals surface area contributed by atoms with Gasteiger partial charge in [-0.25, -0.2) is 0 Å². The third-order valence-corrected chi connectivity index (χ3v) is 5.27. The molecule has 0 radical (unpaired) electrons. The van der Waals surface area contributed by atoms with E-state index in [1.807, 2.05) is 30.3 Å². The number of guanidine groups is 1. The molecule has 0 aliphatic carbocycles. The highest BCUT2D eigenvalue weighted by molar-refractivity contribution is 14.0. The Morgan fingerprint density at radius 1 is 1.33 bits per heavy atom. The third kappa shape index (κ3) is 5.44. The van der Waals surface area contributed by atoms with Crippen molar-refractivity contribution in [3.8, 4) is 5.75 Å². The number of carbonyl (C=O) groups is 1. The first-order chi connectivity index (χ1) is 13.8. The van der Waals surface area contributed by atoms with Crippen molar-refractivity contribution in [3.63, 3.8) is 0 Å².